The minimum Gasteiger partial charge on any atom is -0.385 e. The number of hydrogen-bond acceptors (Lipinski definition) is 2. The van der Waals surface area contributed by atoms with Gasteiger partial charge in [-0.1, -0.05) is 42.3 Å². The topological polar surface area (TPSA) is 29.5 Å². The van der Waals surface area contributed by atoms with Crippen LogP contribution >= 0.6 is 23.2 Å². The van der Waals surface area contributed by atoms with E-state index in [1.165, 1.54) is 0 Å². The fourth-order valence-corrected chi connectivity index (χ4v) is 3.02. The molecule has 1 N–H and O–H groups in total. The van der Waals surface area contributed by atoms with Crippen LogP contribution in [0.3, 0.4) is 0 Å². The Labute approximate surface area is 118 Å². The van der Waals surface area contributed by atoms with Gasteiger partial charge in [0.15, 0.2) is 0 Å². The number of rotatable bonds is 2. The highest BCUT2D eigenvalue weighted by Gasteiger charge is 2.43. The summed E-state index contributed by atoms with van der Waals surface area (Å²) in [6.45, 7) is 4.62. The van der Waals surface area contributed by atoms with Crippen molar-refractivity contribution in [3.8, 4) is 0 Å². The van der Waals surface area contributed by atoms with Crippen molar-refractivity contribution in [3.05, 3.63) is 33.8 Å². The molecule has 0 saturated carbocycles. The van der Waals surface area contributed by atoms with Crippen LogP contribution in [-0.4, -0.2) is 17.3 Å². The third kappa shape index (κ3) is 2.53. The highest BCUT2D eigenvalue weighted by molar-refractivity contribution is 6.42. The van der Waals surface area contributed by atoms with Gasteiger partial charge in [0.1, 0.15) is 0 Å². The van der Waals surface area contributed by atoms with Gasteiger partial charge in [0, 0.05) is 18.4 Å². The summed E-state index contributed by atoms with van der Waals surface area (Å²) in [6, 6.07) is 5.39. The first-order valence-electron chi connectivity index (χ1n) is 6.21. The molecule has 0 radical (unpaired) electrons. The second-order valence-electron chi connectivity index (χ2n) is 5.21. The molecule has 1 aliphatic heterocycles. The Morgan fingerprint density at radius 1 is 1.39 bits per heavy atom. The molecule has 1 aliphatic rings. The van der Waals surface area contributed by atoms with E-state index in [-0.39, 0.29) is 5.60 Å². The molecule has 0 spiro atoms. The van der Waals surface area contributed by atoms with E-state index in [2.05, 4.69) is 6.92 Å². The highest BCUT2D eigenvalue weighted by Crippen LogP contribution is 2.44. The van der Waals surface area contributed by atoms with E-state index in [0.717, 1.165) is 6.42 Å². The fourth-order valence-electron chi connectivity index (χ4n) is 2.54. The Hall–Kier alpha value is -0.280. The van der Waals surface area contributed by atoms with Gasteiger partial charge in [0.2, 0.25) is 0 Å². The van der Waals surface area contributed by atoms with E-state index in [9.17, 15) is 5.11 Å². The molecule has 0 bridgehead atoms. The fraction of sp³-hybridized carbons (Fsp3) is 0.571. The molecule has 2 nitrogen and oxygen atoms in total. The average molecular weight is 289 g/mol. The lowest BCUT2D eigenvalue weighted by atomic mass is 9.77. The maximum absolute atomic E-state index is 10.9. The van der Waals surface area contributed by atoms with Crippen LogP contribution in [0, 0.1) is 0 Å². The summed E-state index contributed by atoms with van der Waals surface area (Å²) < 4.78 is 5.77. The maximum atomic E-state index is 10.9. The second kappa shape index (κ2) is 5.01. The number of aliphatic hydroxyl groups is 1. The molecule has 1 saturated heterocycles. The van der Waals surface area contributed by atoms with Gasteiger partial charge in [-0.3, -0.25) is 0 Å². The third-order valence-electron chi connectivity index (χ3n) is 3.83. The summed E-state index contributed by atoms with van der Waals surface area (Å²) >= 11 is 12.2. The molecule has 0 aliphatic carbocycles. The molecule has 2 atom stereocenters. The van der Waals surface area contributed by atoms with Crippen molar-refractivity contribution in [2.45, 2.75) is 44.3 Å². The van der Waals surface area contributed by atoms with Crippen LogP contribution in [0.25, 0.3) is 0 Å². The number of halogens is 2. The zero-order chi connectivity index (χ0) is 13.4. The Bertz CT molecular complexity index is 449. The van der Waals surface area contributed by atoms with Crippen molar-refractivity contribution in [1.82, 2.24) is 0 Å². The Morgan fingerprint density at radius 3 is 2.78 bits per heavy atom. The minimum absolute atomic E-state index is 0.307. The zero-order valence-electron chi connectivity index (χ0n) is 10.7. The summed E-state index contributed by atoms with van der Waals surface area (Å²) in [5.74, 6) is 0. The molecule has 1 fully saturated rings. The third-order valence-corrected chi connectivity index (χ3v) is 4.65. The van der Waals surface area contributed by atoms with Crippen molar-refractivity contribution in [2.75, 3.05) is 6.61 Å². The first-order valence-corrected chi connectivity index (χ1v) is 6.97. The van der Waals surface area contributed by atoms with Gasteiger partial charge >= 0.3 is 0 Å². The van der Waals surface area contributed by atoms with Crippen LogP contribution < -0.4 is 0 Å². The van der Waals surface area contributed by atoms with Crippen LogP contribution in [0.1, 0.15) is 38.7 Å². The maximum Gasteiger partial charge on any atom is 0.0960 e. The summed E-state index contributed by atoms with van der Waals surface area (Å²) in [5, 5.41) is 11.8. The zero-order valence-corrected chi connectivity index (χ0v) is 12.2. The van der Waals surface area contributed by atoms with E-state index in [1.54, 1.807) is 6.07 Å². The van der Waals surface area contributed by atoms with Gasteiger partial charge in [-0.15, -0.1) is 0 Å². The SMILES string of the molecule is CCC1(C)CC(O)(c2cccc(Cl)c2Cl)CCO1. The van der Waals surface area contributed by atoms with Gasteiger partial charge in [0.05, 0.1) is 27.9 Å². The molecule has 2 rings (SSSR count). The van der Waals surface area contributed by atoms with Crippen LogP contribution in [0.2, 0.25) is 10.0 Å². The first kappa shape index (κ1) is 14.1. The predicted octanol–water partition coefficient (Wildman–Crippen LogP) is 4.16. The molecular weight excluding hydrogens is 271 g/mol. The van der Waals surface area contributed by atoms with Crippen LogP contribution in [-0.2, 0) is 10.3 Å². The second-order valence-corrected chi connectivity index (χ2v) is 6.00. The lowest BCUT2D eigenvalue weighted by Gasteiger charge is -2.43. The summed E-state index contributed by atoms with van der Waals surface area (Å²) in [7, 11) is 0. The summed E-state index contributed by atoms with van der Waals surface area (Å²) in [6.07, 6.45) is 1.94. The van der Waals surface area contributed by atoms with E-state index < -0.39 is 5.60 Å². The smallest absolute Gasteiger partial charge is 0.0960 e. The lowest BCUT2D eigenvalue weighted by molar-refractivity contribution is -0.157. The first-order chi connectivity index (χ1) is 8.40. The van der Waals surface area contributed by atoms with Gasteiger partial charge in [-0.25, -0.2) is 0 Å². The largest absolute Gasteiger partial charge is 0.385 e. The summed E-state index contributed by atoms with van der Waals surface area (Å²) in [4.78, 5) is 0. The Kier molecular flexibility index (Phi) is 3.93. The molecule has 1 aromatic rings. The van der Waals surface area contributed by atoms with E-state index in [4.69, 9.17) is 27.9 Å². The number of ether oxygens (including phenoxy) is 1. The van der Waals surface area contributed by atoms with Crippen molar-refractivity contribution in [3.63, 3.8) is 0 Å². The van der Waals surface area contributed by atoms with Gasteiger partial charge < -0.3 is 9.84 Å². The van der Waals surface area contributed by atoms with E-state index in [0.29, 0.717) is 35.1 Å². The summed E-state index contributed by atoms with van der Waals surface area (Å²) in [5.41, 5.74) is -0.552. The van der Waals surface area contributed by atoms with E-state index in [1.807, 2.05) is 19.1 Å². The molecular formula is C14H18Cl2O2. The lowest BCUT2D eigenvalue weighted by Crippen LogP contribution is -2.45. The van der Waals surface area contributed by atoms with E-state index >= 15 is 0 Å². The molecule has 1 aromatic carbocycles. The Balaban J connectivity index is 2.39. The van der Waals surface area contributed by atoms with Crippen molar-refractivity contribution in [2.24, 2.45) is 0 Å². The predicted molar refractivity (Wildman–Crippen MR) is 74.2 cm³/mol. The van der Waals surface area contributed by atoms with Crippen molar-refractivity contribution >= 4 is 23.2 Å². The molecule has 0 aromatic heterocycles. The normalized spacial score (nSPS) is 32.5. The molecule has 100 valence electrons. The number of benzene rings is 1. The average Bonchev–Trinajstić information content (AvgIpc) is 2.32. The van der Waals surface area contributed by atoms with Crippen LogP contribution in [0.4, 0.5) is 0 Å². The van der Waals surface area contributed by atoms with Crippen LogP contribution in [0.5, 0.6) is 0 Å². The Morgan fingerprint density at radius 2 is 2.11 bits per heavy atom. The van der Waals surface area contributed by atoms with Crippen molar-refractivity contribution < 1.29 is 9.84 Å². The molecule has 4 heteroatoms. The van der Waals surface area contributed by atoms with Crippen molar-refractivity contribution in [1.29, 1.82) is 0 Å². The monoisotopic (exact) mass is 288 g/mol. The van der Waals surface area contributed by atoms with Gasteiger partial charge in [0.25, 0.3) is 0 Å². The molecule has 1 heterocycles. The molecule has 0 amide bonds. The molecule has 2 unspecified atom stereocenters. The quantitative estimate of drug-likeness (QED) is 0.885. The van der Waals surface area contributed by atoms with Crippen LogP contribution in [0.15, 0.2) is 18.2 Å². The molecule has 18 heavy (non-hydrogen) atoms. The highest BCUT2D eigenvalue weighted by atomic mass is 35.5. The van der Waals surface area contributed by atoms with Gasteiger partial charge in [-0.05, 0) is 19.4 Å². The standard InChI is InChI=1S/C14H18Cl2O2/c1-3-13(2)9-14(17,7-8-18-13)10-5-4-6-11(15)12(10)16/h4-6,17H,3,7-9H2,1-2H3. The minimum atomic E-state index is -0.953. The van der Waals surface area contributed by atoms with Gasteiger partial charge in [-0.2, -0.15) is 0 Å². The number of hydrogen-bond donors (Lipinski definition) is 1.